The Morgan fingerprint density at radius 3 is 2.59 bits per heavy atom. The molecule has 0 unspecified atom stereocenters. The fraction of sp³-hybridized carbons (Fsp3) is 0.387. The van der Waals surface area contributed by atoms with Crippen molar-refractivity contribution in [3.8, 4) is 22.6 Å². The average molecular weight is 551 g/mol. The largest absolute Gasteiger partial charge is 0.494 e. The highest BCUT2D eigenvalue weighted by Gasteiger charge is 2.26. The van der Waals surface area contributed by atoms with Gasteiger partial charge in [-0.15, -0.1) is 0 Å². The summed E-state index contributed by atoms with van der Waals surface area (Å²) >= 11 is 0. The van der Waals surface area contributed by atoms with Crippen molar-refractivity contribution in [2.75, 3.05) is 18.6 Å². The predicted octanol–water partition coefficient (Wildman–Crippen LogP) is 5.59. The molecule has 1 heterocycles. The van der Waals surface area contributed by atoms with Gasteiger partial charge in [0.2, 0.25) is 0 Å². The van der Waals surface area contributed by atoms with Gasteiger partial charge in [0.1, 0.15) is 27.9 Å². The first-order valence-corrected chi connectivity index (χ1v) is 15.4. The van der Waals surface area contributed by atoms with E-state index in [0.29, 0.717) is 26.2 Å². The zero-order chi connectivity index (χ0) is 27.6. The van der Waals surface area contributed by atoms with Gasteiger partial charge >= 0.3 is 5.97 Å². The molecule has 0 aromatic heterocycles. The second-order valence-electron chi connectivity index (χ2n) is 10.5. The van der Waals surface area contributed by atoms with Gasteiger partial charge in [0.05, 0.1) is 31.5 Å². The van der Waals surface area contributed by atoms with Crippen molar-refractivity contribution in [1.29, 1.82) is 0 Å². The molecule has 1 aliphatic carbocycles. The molecular formula is C31H34O7S. The van der Waals surface area contributed by atoms with E-state index in [1.54, 1.807) is 0 Å². The third-order valence-electron chi connectivity index (χ3n) is 7.32. The Morgan fingerprint density at radius 2 is 1.79 bits per heavy atom. The summed E-state index contributed by atoms with van der Waals surface area (Å²) in [6.45, 7) is 3.29. The first-order valence-electron chi connectivity index (χ1n) is 13.3. The minimum absolute atomic E-state index is 0.0416. The predicted molar refractivity (Wildman–Crippen MR) is 149 cm³/mol. The van der Waals surface area contributed by atoms with Crippen LogP contribution < -0.4 is 9.47 Å². The fourth-order valence-electron chi connectivity index (χ4n) is 5.52. The normalized spacial score (nSPS) is 16.1. The van der Waals surface area contributed by atoms with Gasteiger partial charge in [-0.05, 0) is 107 Å². The van der Waals surface area contributed by atoms with E-state index >= 15 is 0 Å². The lowest BCUT2D eigenvalue weighted by atomic mass is 9.91. The first-order chi connectivity index (χ1) is 18.7. The van der Waals surface area contributed by atoms with Crippen LogP contribution in [0.4, 0.5) is 0 Å². The van der Waals surface area contributed by atoms with Gasteiger partial charge in [0.15, 0.2) is 0 Å². The Balaban J connectivity index is 1.31. The third kappa shape index (κ3) is 6.62. The summed E-state index contributed by atoms with van der Waals surface area (Å²) in [4.78, 5) is 11.1. The SMILES string of the molecule is Cc1cc(OCCCS(C)(=O)=O)cc2c1-c1cc(COc3ccc4c(c3)CO[C@H]4CC(=O)O)ccc1CCC2. The highest BCUT2D eigenvalue weighted by molar-refractivity contribution is 7.90. The number of rotatable bonds is 10. The molecule has 3 aromatic carbocycles. The summed E-state index contributed by atoms with van der Waals surface area (Å²) in [7, 11) is -2.99. The van der Waals surface area contributed by atoms with Crippen LogP contribution in [0.5, 0.6) is 11.5 Å². The Bertz CT molecular complexity index is 1490. The topological polar surface area (TPSA) is 99.1 Å². The fourth-order valence-corrected chi connectivity index (χ4v) is 6.16. The van der Waals surface area contributed by atoms with Crippen molar-refractivity contribution in [3.05, 3.63) is 81.9 Å². The quantitative estimate of drug-likeness (QED) is 0.329. The van der Waals surface area contributed by atoms with E-state index < -0.39 is 21.9 Å². The van der Waals surface area contributed by atoms with Gasteiger partial charge in [-0.1, -0.05) is 18.2 Å². The summed E-state index contributed by atoms with van der Waals surface area (Å²) in [6.07, 6.45) is 4.27. The minimum atomic E-state index is -2.99. The van der Waals surface area contributed by atoms with Crippen molar-refractivity contribution in [1.82, 2.24) is 0 Å². The maximum Gasteiger partial charge on any atom is 0.306 e. The van der Waals surface area contributed by atoms with Crippen molar-refractivity contribution < 1.29 is 32.5 Å². The van der Waals surface area contributed by atoms with Crippen molar-refractivity contribution in [2.24, 2.45) is 0 Å². The molecule has 206 valence electrons. The molecule has 0 spiro atoms. The molecule has 0 fully saturated rings. The van der Waals surface area contributed by atoms with Gasteiger partial charge in [-0.3, -0.25) is 4.79 Å². The second kappa shape index (κ2) is 11.4. The smallest absolute Gasteiger partial charge is 0.306 e. The lowest BCUT2D eigenvalue weighted by Crippen LogP contribution is -2.08. The molecule has 0 bridgehead atoms. The number of sulfone groups is 1. The van der Waals surface area contributed by atoms with E-state index in [1.165, 1.54) is 28.5 Å². The van der Waals surface area contributed by atoms with Gasteiger partial charge < -0.3 is 19.3 Å². The van der Waals surface area contributed by atoms with Gasteiger partial charge in [-0.2, -0.15) is 0 Å². The number of hydrogen-bond acceptors (Lipinski definition) is 6. The lowest BCUT2D eigenvalue weighted by molar-refractivity contribution is -0.140. The number of carbonyl (C=O) groups is 1. The van der Waals surface area contributed by atoms with E-state index in [9.17, 15) is 13.2 Å². The van der Waals surface area contributed by atoms with Crippen LogP contribution in [0.15, 0.2) is 48.5 Å². The van der Waals surface area contributed by atoms with Crippen molar-refractivity contribution >= 4 is 15.8 Å². The van der Waals surface area contributed by atoms with E-state index in [-0.39, 0.29) is 12.2 Å². The highest BCUT2D eigenvalue weighted by Crippen LogP contribution is 2.39. The van der Waals surface area contributed by atoms with Crippen LogP contribution in [0, 0.1) is 6.92 Å². The maximum absolute atomic E-state index is 11.4. The molecule has 0 radical (unpaired) electrons. The summed E-state index contributed by atoms with van der Waals surface area (Å²) in [6, 6.07) is 16.4. The number of benzene rings is 3. The average Bonchev–Trinajstić information content (AvgIpc) is 3.16. The molecule has 1 atom stereocenters. The first kappa shape index (κ1) is 27.2. The Labute approximate surface area is 229 Å². The monoisotopic (exact) mass is 550 g/mol. The van der Waals surface area contributed by atoms with Crippen LogP contribution >= 0.6 is 0 Å². The zero-order valence-corrected chi connectivity index (χ0v) is 23.2. The number of ether oxygens (including phenoxy) is 3. The van der Waals surface area contributed by atoms with Crippen LogP contribution in [0.3, 0.4) is 0 Å². The molecule has 0 saturated carbocycles. The summed E-state index contributed by atoms with van der Waals surface area (Å²) < 4.78 is 40.5. The highest BCUT2D eigenvalue weighted by atomic mass is 32.2. The Morgan fingerprint density at radius 1 is 1.00 bits per heavy atom. The van der Waals surface area contributed by atoms with E-state index in [4.69, 9.17) is 19.3 Å². The second-order valence-corrected chi connectivity index (χ2v) is 12.8. The molecule has 5 rings (SSSR count). The van der Waals surface area contributed by atoms with Gasteiger partial charge in [0.25, 0.3) is 0 Å². The van der Waals surface area contributed by atoms with Gasteiger partial charge in [0, 0.05) is 6.26 Å². The van der Waals surface area contributed by atoms with Crippen molar-refractivity contribution in [3.63, 3.8) is 0 Å². The minimum Gasteiger partial charge on any atom is -0.494 e. The molecule has 0 saturated heterocycles. The Hall–Kier alpha value is -3.36. The van der Waals surface area contributed by atoms with Crippen LogP contribution in [0.2, 0.25) is 0 Å². The number of fused-ring (bicyclic) bond motifs is 4. The van der Waals surface area contributed by atoms with Crippen LogP contribution in [-0.4, -0.2) is 38.1 Å². The summed E-state index contributed by atoms with van der Waals surface area (Å²) in [5.74, 6) is 0.771. The van der Waals surface area contributed by atoms with E-state index in [1.807, 2.05) is 24.3 Å². The molecule has 1 aliphatic heterocycles. The molecule has 0 amide bonds. The standard InChI is InChI=1S/C31H34O7S/c1-20-13-26(36-11-4-12-39(2,34)35)15-23-6-3-5-22-8-7-21(14-28(22)31(20)23)18-37-25-9-10-27-24(16-25)19-38-29(27)17-30(32)33/h7-10,13-16,29H,3-6,11-12,17-19H2,1-2H3,(H,32,33)/t29-/m0/s1. The van der Waals surface area contributed by atoms with Crippen LogP contribution in [-0.2, 0) is 45.4 Å². The van der Waals surface area contributed by atoms with Crippen LogP contribution in [0.25, 0.3) is 11.1 Å². The third-order valence-corrected chi connectivity index (χ3v) is 8.35. The molecule has 3 aromatic rings. The molecule has 1 N–H and O–H groups in total. The number of aliphatic carboxylic acids is 1. The molecule has 7 nitrogen and oxygen atoms in total. The molecule has 8 heteroatoms. The maximum atomic E-state index is 11.4. The van der Waals surface area contributed by atoms with E-state index in [0.717, 1.165) is 53.0 Å². The molecule has 2 aliphatic rings. The molecule has 39 heavy (non-hydrogen) atoms. The Kier molecular flexibility index (Phi) is 7.96. The van der Waals surface area contributed by atoms with Gasteiger partial charge in [-0.25, -0.2) is 8.42 Å². The summed E-state index contributed by atoms with van der Waals surface area (Å²) in [5, 5.41) is 9.10. The zero-order valence-electron chi connectivity index (χ0n) is 22.4. The number of aryl methyl sites for hydroxylation is 3. The van der Waals surface area contributed by atoms with E-state index in [2.05, 4.69) is 31.2 Å². The van der Waals surface area contributed by atoms with Crippen LogP contribution in [0.1, 0.15) is 58.7 Å². The number of carboxylic acid groups (broad SMARTS) is 1. The van der Waals surface area contributed by atoms with Crippen molar-refractivity contribution in [2.45, 2.75) is 58.3 Å². The number of hydrogen-bond donors (Lipinski definition) is 1. The number of carboxylic acids is 1. The lowest BCUT2D eigenvalue weighted by Gasteiger charge is -2.17. The summed E-state index contributed by atoms with van der Waals surface area (Å²) in [5.41, 5.74) is 9.14. The molecular weight excluding hydrogens is 516 g/mol.